The summed E-state index contributed by atoms with van der Waals surface area (Å²) in [5.74, 6) is -5.47. The third-order valence-electron chi connectivity index (χ3n) is 9.21. The van der Waals surface area contributed by atoms with Crippen LogP contribution in [0.4, 0.5) is 5.13 Å². The van der Waals surface area contributed by atoms with Crippen LogP contribution in [0.5, 0.6) is 0 Å². The second-order valence-electron chi connectivity index (χ2n) is 13.4. The summed E-state index contributed by atoms with van der Waals surface area (Å²) in [5, 5.41) is 33.0. The number of oxime groups is 1. The molecule has 0 radical (unpaired) electrons. The molecule has 2 saturated heterocycles. The van der Waals surface area contributed by atoms with Crippen LogP contribution in [0.1, 0.15) is 19.5 Å². The molecule has 56 heavy (non-hydrogen) atoms. The minimum atomic E-state index is -1.92. The Bertz CT molecular complexity index is 2230. The Morgan fingerprint density at radius 2 is 1.39 bits per heavy atom. The van der Waals surface area contributed by atoms with E-state index in [-0.39, 0.29) is 46.8 Å². The number of nitrogen functional groups attached to an aromatic ring is 1. The van der Waals surface area contributed by atoms with Crippen LogP contribution in [0.15, 0.2) is 94.3 Å². The second kappa shape index (κ2) is 15.4. The van der Waals surface area contributed by atoms with Gasteiger partial charge in [-0.25, -0.2) is 14.1 Å². The highest BCUT2D eigenvalue weighted by atomic mass is 32.2. The number of carboxylic acid groups (broad SMARTS) is 2. The lowest BCUT2D eigenvalue weighted by Crippen LogP contribution is -2.74. The van der Waals surface area contributed by atoms with E-state index in [0.717, 1.165) is 16.2 Å². The fourth-order valence-electron chi connectivity index (χ4n) is 6.35. The number of pyridine rings is 2. The number of aliphatic carboxylic acids is 2. The molecular formula is C35H33N9O9S3. The number of aromatic nitrogens is 3. The molecule has 0 aromatic carbocycles. The summed E-state index contributed by atoms with van der Waals surface area (Å²) in [6.07, 6.45) is 7.14. The molecule has 0 saturated carbocycles. The lowest BCUT2D eigenvalue weighted by molar-refractivity contribution is -0.689. The Labute approximate surface area is 331 Å². The molecule has 7 heterocycles. The summed E-state index contributed by atoms with van der Waals surface area (Å²) in [7, 11) is 0. The van der Waals surface area contributed by atoms with Gasteiger partial charge in [-0.2, -0.15) is 0 Å². The fraction of sp³-hybridized carbons (Fsp3) is 0.314. The highest BCUT2D eigenvalue weighted by molar-refractivity contribution is 8.00. The first kappa shape index (κ1) is 38.5. The maximum atomic E-state index is 14.2. The van der Waals surface area contributed by atoms with Crippen molar-refractivity contribution in [3.63, 3.8) is 0 Å². The molecule has 3 aromatic rings. The largest absolute Gasteiger partial charge is 0.546 e. The number of thiazole rings is 1. The van der Waals surface area contributed by atoms with Crippen molar-refractivity contribution in [3.05, 3.63) is 94.8 Å². The number of carboxylic acids is 2. The van der Waals surface area contributed by atoms with Gasteiger partial charge in [-0.1, -0.05) is 17.3 Å². The molecule has 18 nitrogen and oxygen atoms in total. The molecule has 290 valence electrons. The molecule has 3 aromatic heterocycles. The molecule has 0 spiro atoms. The van der Waals surface area contributed by atoms with Gasteiger partial charge in [-0.05, 0) is 13.8 Å². The van der Waals surface area contributed by atoms with Crippen molar-refractivity contribution < 1.29 is 53.0 Å². The van der Waals surface area contributed by atoms with Gasteiger partial charge in [0.15, 0.2) is 54.3 Å². The number of carbonyl (C=O) groups excluding carboxylic acids is 6. The zero-order valence-electron chi connectivity index (χ0n) is 29.6. The highest BCUT2D eigenvalue weighted by Crippen LogP contribution is 2.43. The molecule has 4 N–H and O–H groups in total. The van der Waals surface area contributed by atoms with Crippen LogP contribution in [0, 0.1) is 0 Å². The normalized spacial score (nSPS) is 22.1. The predicted molar refractivity (Wildman–Crippen MR) is 196 cm³/mol. The van der Waals surface area contributed by atoms with Crippen molar-refractivity contribution in [2.75, 3.05) is 17.2 Å². The van der Waals surface area contributed by atoms with E-state index in [2.05, 4.69) is 20.8 Å². The predicted octanol–water partition coefficient (Wildman–Crippen LogP) is -2.99. The lowest BCUT2D eigenvalue weighted by atomic mass is 9.99. The molecule has 21 heteroatoms. The number of fused-ring (bicyclic) bond motifs is 2. The van der Waals surface area contributed by atoms with Crippen molar-refractivity contribution in [3.8, 4) is 0 Å². The maximum Gasteiger partial charge on any atom is 0.276 e. The third-order valence-corrected chi connectivity index (χ3v) is 12.6. The van der Waals surface area contributed by atoms with E-state index in [1.165, 1.54) is 47.7 Å². The van der Waals surface area contributed by atoms with Crippen LogP contribution in [-0.2, 0) is 46.7 Å². The first-order valence-electron chi connectivity index (χ1n) is 17.0. The summed E-state index contributed by atoms with van der Waals surface area (Å²) in [6.45, 7) is 2.80. The van der Waals surface area contributed by atoms with Crippen LogP contribution in [0.25, 0.3) is 0 Å². The monoisotopic (exact) mass is 819 g/mol. The van der Waals surface area contributed by atoms with E-state index in [4.69, 9.17) is 10.6 Å². The van der Waals surface area contributed by atoms with E-state index in [9.17, 15) is 39.0 Å². The van der Waals surface area contributed by atoms with Crippen molar-refractivity contribution in [2.45, 2.75) is 55.4 Å². The first-order valence-corrected chi connectivity index (χ1v) is 20.0. The van der Waals surface area contributed by atoms with Crippen LogP contribution < -0.4 is 35.7 Å². The van der Waals surface area contributed by atoms with Gasteiger partial charge in [0, 0.05) is 52.3 Å². The zero-order valence-corrected chi connectivity index (χ0v) is 32.1. The number of hydrogen-bond acceptors (Lipinski definition) is 15. The van der Waals surface area contributed by atoms with Crippen LogP contribution in [0.2, 0.25) is 0 Å². The third kappa shape index (κ3) is 7.31. The number of anilines is 1. The Morgan fingerprint density at radius 1 is 0.875 bits per heavy atom. The van der Waals surface area contributed by atoms with Gasteiger partial charge in [-0.15, -0.1) is 34.9 Å². The Kier molecular flexibility index (Phi) is 10.6. The first-order chi connectivity index (χ1) is 26.7. The molecule has 0 unspecified atom stereocenters. The Hall–Kier alpha value is -5.80. The molecule has 4 aliphatic heterocycles. The molecule has 4 aliphatic rings. The van der Waals surface area contributed by atoms with Crippen molar-refractivity contribution in [1.82, 2.24) is 25.4 Å². The second-order valence-corrected chi connectivity index (χ2v) is 16.5. The van der Waals surface area contributed by atoms with Gasteiger partial charge < -0.3 is 41.0 Å². The average Bonchev–Trinajstić information content (AvgIpc) is 3.61. The van der Waals surface area contributed by atoms with Crippen LogP contribution in [0.3, 0.4) is 0 Å². The van der Waals surface area contributed by atoms with Crippen LogP contribution >= 0.6 is 34.9 Å². The van der Waals surface area contributed by atoms with E-state index in [1.54, 1.807) is 53.6 Å². The van der Waals surface area contributed by atoms with Gasteiger partial charge in [-0.3, -0.25) is 29.0 Å². The average molecular weight is 820 g/mol. The van der Waals surface area contributed by atoms with Gasteiger partial charge in [0.2, 0.25) is 0 Å². The Balaban J connectivity index is 1.12. The maximum absolute atomic E-state index is 14.2. The molecule has 2 fully saturated rings. The topological polar surface area (TPSA) is 247 Å². The summed E-state index contributed by atoms with van der Waals surface area (Å²) >= 11 is 3.60. The Morgan fingerprint density at radius 3 is 1.89 bits per heavy atom. The molecule has 4 amide bonds. The van der Waals surface area contributed by atoms with E-state index >= 15 is 0 Å². The number of nitrogens with two attached hydrogens (primary N) is 1. The molecule has 0 aliphatic carbocycles. The summed E-state index contributed by atoms with van der Waals surface area (Å²) in [5.41, 5.74) is 4.20. The van der Waals surface area contributed by atoms with E-state index in [1.807, 2.05) is 16.7 Å². The summed E-state index contributed by atoms with van der Waals surface area (Å²) in [4.78, 5) is 90.8. The number of rotatable bonds is 13. The van der Waals surface area contributed by atoms with E-state index < -0.39 is 69.7 Å². The number of hydrogen-bond donors (Lipinski definition) is 3. The number of nitrogens with one attached hydrogen (secondary N) is 2. The standard InChI is InChI=1S/C35H33N9O9S3/c1-35(2,33(51)52)53-40-21(20-17-56-34(36)37-20)26(45)38-22-28(47)43-24(18(15-54-30(22)43)13-41-9-5-3-6-10-41)27(46)39-23-29(48)44-25(32(49)50)19(16-55-31(23)44)14-42-11-7-4-8-12-42/h3-12,17,22-23,30-31H,13-16H2,1-2H3,(H4-2,36,37,38,39,45,46,49,50,51,52)/b40-21+/t22-,23-,30-,31-/m1/s1. The van der Waals surface area contributed by atoms with Gasteiger partial charge in [0.25, 0.3) is 23.6 Å². The minimum Gasteiger partial charge on any atom is -0.546 e. The lowest BCUT2D eigenvalue weighted by Gasteiger charge is -2.52. The SMILES string of the molecule is CC(C)(O/N=C(/C(=O)N[C@@H]1C(=O)N2C(C(=O)N[C@@H]3C(=O)N4C(C(=O)[O-])=C(C[n+]5ccccc5)CS[C@H]34)=C(C[n+]3ccccc3)CS[C@H]12)c1csc(N)n1)C(=O)[O-]. The quantitative estimate of drug-likeness (QED) is 0.0675. The fourth-order valence-corrected chi connectivity index (χ4v) is 9.57. The number of thioether (sulfide) groups is 2. The summed E-state index contributed by atoms with van der Waals surface area (Å²) < 4.78 is 3.60. The van der Waals surface area contributed by atoms with Gasteiger partial charge in [0.1, 0.15) is 34.2 Å². The van der Waals surface area contributed by atoms with Gasteiger partial charge in [0.05, 0.1) is 17.6 Å². The van der Waals surface area contributed by atoms with Gasteiger partial charge >= 0.3 is 0 Å². The molecular weight excluding hydrogens is 787 g/mol. The van der Waals surface area contributed by atoms with Crippen molar-refractivity contribution in [1.29, 1.82) is 0 Å². The van der Waals surface area contributed by atoms with Crippen LogP contribution in [-0.4, -0.2) is 96.0 Å². The molecule has 7 rings (SSSR count). The number of β-lactam (4-membered cyclic amide) rings is 2. The zero-order chi connectivity index (χ0) is 39.9. The minimum absolute atomic E-state index is 0.00435. The molecule has 0 bridgehead atoms. The number of carbonyl (C=O) groups is 6. The molecule has 4 atom stereocenters. The smallest absolute Gasteiger partial charge is 0.276 e. The van der Waals surface area contributed by atoms with E-state index in [0.29, 0.717) is 11.1 Å². The van der Waals surface area contributed by atoms with Crippen molar-refractivity contribution >= 4 is 81.3 Å². The number of amides is 4. The summed E-state index contributed by atoms with van der Waals surface area (Å²) in [6, 6.07) is 8.62. The number of nitrogens with zero attached hydrogens (tertiary/aromatic N) is 6. The highest BCUT2D eigenvalue weighted by Gasteiger charge is 2.57. The van der Waals surface area contributed by atoms with Crippen molar-refractivity contribution in [2.24, 2.45) is 5.16 Å².